The second kappa shape index (κ2) is 8.08. The van der Waals surface area contributed by atoms with E-state index in [0.717, 1.165) is 12.0 Å². The largest absolute Gasteiger partial charge is 0.492 e. The van der Waals surface area contributed by atoms with Gasteiger partial charge >= 0.3 is 0 Å². The molecule has 2 atom stereocenters. The number of alkyl halides is 1. The average Bonchev–Trinajstić information content (AvgIpc) is 2.30. The predicted molar refractivity (Wildman–Crippen MR) is 97.2 cm³/mol. The zero-order valence-corrected chi connectivity index (χ0v) is 16.6. The highest BCUT2D eigenvalue weighted by Crippen LogP contribution is 2.41. The summed E-state index contributed by atoms with van der Waals surface area (Å²) in [7, 11) is 0. The molecular formula is C17H25BrCl2O. The van der Waals surface area contributed by atoms with Crippen molar-refractivity contribution in [3.05, 3.63) is 27.7 Å². The van der Waals surface area contributed by atoms with Crippen LogP contribution >= 0.6 is 39.1 Å². The topological polar surface area (TPSA) is 9.23 Å². The second-order valence-electron chi connectivity index (χ2n) is 6.81. The molecule has 0 aliphatic carbocycles. The normalized spacial score (nSPS) is 14.9. The number of hydrogen-bond acceptors (Lipinski definition) is 1. The second-order valence-corrected chi connectivity index (χ2v) is 8.73. The molecule has 21 heavy (non-hydrogen) atoms. The summed E-state index contributed by atoms with van der Waals surface area (Å²) in [6, 6.07) is 3.73. The van der Waals surface area contributed by atoms with Crippen LogP contribution in [-0.2, 0) is 0 Å². The van der Waals surface area contributed by atoms with Crippen molar-refractivity contribution in [1.82, 2.24) is 0 Å². The molecule has 0 N–H and O–H groups in total. The Hall–Kier alpha value is 0.0800. The summed E-state index contributed by atoms with van der Waals surface area (Å²) in [6.07, 6.45) is 2.21. The Bertz CT molecular complexity index is 469. The molecule has 0 saturated heterocycles. The van der Waals surface area contributed by atoms with E-state index in [4.69, 9.17) is 27.9 Å². The summed E-state index contributed by atoms with van der Waals surface area (Å²) >= 11 is 16.4. The van der Waals surface area contributed by atoms with Crippen LogP contribution in [-0.4, -0.2) is 6.61 Å². The zero-order valence-electron chi connectivity index (χ0n) is 13.5. The molecule has 0 saturated carbocycles. The Morgan fingerprint density at radius 2 is 1.81 bits per heavy atom. The molecule has 0 aliphatic heterocycles. The van der Waals surface area contributed by atoms with Crippen LogP contribution in [0.15, 0.2) is 12.1 Å². The van der Waals surface area contributed by atoms with Crippen LogP contribution in [0.25, 0.3) is 0 Å². The minimum Gasteiger partial charge on any atom is -0.492 e. The lowest BCUT2D eigenvalue weighted by atomic mass is 9.83. The van der Waals surface area contributed by atoms with Gasteiger partial charge in [0, 0.05) is 15.9 Å². The van der Waals surface area contributed by atoms with Crippen LogP contribution in [0.4, 0.5) is 0 Å². The van der Waals surface area contributed by atoms with Gasteiger partial charge in [-0.2, -0.15) is 0 Å². The smallest absolute Gasteiger partial charge is 0.139 e. The van der Waals surface area contributed by atoms with E-state index >= 15 is 0 Å². The van der Waals surface area contributed by atoms with Crippen molar-refractivity contribution in [2.24, 2.45) is 11.3 Å². The molecule has 0 spiro atoms. The van der Waals surface area contributed by atoms with Gasteiger partial charge in [-0.25, -0.2) is 0 Å². The molecule has 4 heteroatoms. The third kappa shape index (κ3) is 6.38. The van der Waals surface area contributed by atoms with Gasteiger partial charge in [0.1, 0.15) is 5.75 Å². The van der Waals surface area contributed by atoms with E-state index in [9.17, 15) is 0 Å². The van der Waals surface area contributed by atoms with Crippen LogP contribution in [0, 0.1) is 11.3 Å². The first kappa shape index (κ1) is 19.1. The number of hydrogen-bond donors (Lipinski definition) is 0. The highest BCUT2D eigenvalue weighted by molar-refractivity contribution is 9.09. The summed E-state index contributed by atoms with van der Waals surface area (Å²) < 4.78 is 5.47. The molecule has 1 nitrogen and oxygen atoms in total. The maximum absolute atomic E-state index is 6.38. The monoisotopic (exact) mass is 394 g/mol. The lowest BCUT2D eigenvalue weighted by Gasteiger charge is -2.25. The molecule has 1 aromatic carbocycles. The minimum absolute atomic E-state index is 0.204. The van der Waals surface area contributed by atoms with Gasteiger partial charge in [-0.3, -0.25) is 0 Å². The summed E-state index contributed by atoms with van der Waals surface area (Å²) in [5.41, 5.74) is 1.37. The Labute approximate surface area is 147 Å². The van der Waals surface area contributed by atoms with E-state index in [-0.39, 0.29) is 4.83 Å². The fraction of sp³-hybridized carbons (Fsp3) is 0.647. The lowest BCUT2D eigenvalue weighted by molar-refractivity contribution is 0.296. The average molecular weight is 396 g/mol. The molecule has 0 bridgehead atoms. The Morgan fingerprint density at radius 3 is 2.33 bits per heavy atom. The van der Waals surface area contributed by atoms with Gasteiger partial charge in [0.2, 0.25) is 0 Å². The molecular weight excluding hydrogens is 371 g/mol. The molecule has 0 radical (unpaired) electrons. The van der Waals surface area contributed by atoms with Crippen molar-refractivity contribution < 1.29 is 4.74 Å². The van der Waals surface area contributed by atoms with Gasteiger partial charge in [0.25, 0.3) is 0 Å². The standard InChI is InChI=1S/C17H25BrCl2O/c1-6-21-16-9-14(19)12(8-15(16)20)13(18)7-11(2)10-17(3,4)5/h8-9,11,13H,6-7,10H2,1-5H3. The molecule has 0 aromatic heterocycles. The van der Waals surface area contributed by atoms with Gasteiger partial charge < -0.3 is 4.74 Å². The van der Waals surface area contributed by atoms with Crippen molar-refractivity contribution in [3.8, 4) is 5.75 Å². The SMILES string of the molecule is CCOc1cc(Cl)c(C(Br)CC(C)CC(C)(C)C)cc1Cl. The molecule has 1 rings (SSSR count). The minimum atomic E-state index is 0.204. The molecule has 0 fully saturated rings. The van der Waals surface area contributed by atoms with Crippen molar-refractivity contribution >= 4 is 39.1 Å². The van der Waals surface area contributed by atoms with Crippen molar-refractivity contribution in [2.45, 2.75) is 52.3 Å². The third-order valence-corrected chi connectivity index (χ3v) is 4.75. The van der Waals surface area contributed by atoms with Crippen LogP contribution in [0.3, 0.4) is 0 Å². The molecule has 2 unspecified atom stereocenters. The molecule has 0 aliphatic rings. The summed E-state index contributed by atoms with van der Waals surface area (Å²) in [6.45, 7) is 11.6. The zero-order chi connectivity index (χ0) is 16.2. The Kier molecular flexibility index (Phi) is 7.36. The highest BCUT2D eigenvalue weighted by Gasteiger charge is 2.21. The van der Waals surface area contributed by atoms with Crippen LogP contribution in [0.2, 0.25) is 10.0 Å². The van der Waals surface area contributed by atoms with Crippen molar-refractivity contribution in [3.63, 3.8) is 0 Å². The van der Waals surface area contributed by atoms with E-state index in [1.807, 2.05) is 19.1 Å². The number of rotatable bonds is 6. The first-order valence-electron chi connectivity index (χ1n) is 7.40. The van der Waals surface area contributed by atoms with Crippen LogP contribution < -0.4 is 4.74 Å². The lowest BCUT2D eigenvalue weighted by Crippen LogP contribution is -2.12. The van der Waals surface area contributed by atoms with Gasteiger partial charge in [-0.15, -0.1) is 0 Å². The molecule has 0 heterocycles. The first-order chi connectivity index (χ1) is 9.64. The van der Waals surface area contributed by atoms with Gasteiger partial charge in [-0.1, -0.05) is 66.8 Å². The third-order valence-electron chi connectivity index (χ3n) is 3.26. The van der Waals surface area contributed by atoms with Crippen LogP contribution in [0.5, 0.6) is 5.75 Å². The number of halogens is 3. The highest BCUT2D eigenvalue weighted by atomic mass is 79.9. The fourth-order valence-electron chi connectivity index (χ4n) is 2.66. The summed E-state index contributed by atoms with van der Waals surface area (Å²) in [5.74, 6) is 1.26. The predicted octanol–water partition coefficient (Wildman–Crippen LogP) is 7.29. The number of benzene rings is 1. The maximum Gasteiger partial charge on any atom is 0.139 e. The molecule has 0 amide bonds. The van der Waals surface area contributed by atoms with Crippen molar-refractivity contribution in [1.29, 1.82) is 0 Å². The summed E-state index contributed by atoms with van der Waals surface area (Å²) in [4.78, 5) is 0.204. The van der Waals surface area contributed by atoms with E-state index in [2.05, 4.69) is 43.6 Å². The van der Waals surface area contributed by atoms with Gasteiger partial charge in [0.05, 0.1) is 11.6 Å². The van der Waals surface area contributed by atoms with Gasteiger partial charge in [0.15, 0.2) is 0 Å². The fourth-order valence-corrected chi connectivity index (χ4v) is 4.32. The van der Waals surface area contributed by atoms with E-state index in [1.165, 1.54) is 6.42 Å². The Morgan fingerprint density at radius 1 is 1.19 bits per heavy atom. The van der Waals surface area contributed by atoms with Crippen LogP contribution in [0.1, 0.15) is 57.9 Å². The number of ether oxygens (including phenoxy) is 1. The Balaban J connectivity index is 2.83. The van der Waals surface area contributed by atoms with Crippen molar-refractivity contribution in [2.75, 3.05) is 6.61 Å². The molecule has 1 aromatic rings. The maximum atomic E-state index is 6.38. The van der Waals surface area contributed by atoms with E-state index in [1.54, 1.807) is 0 Å². The van der Waals surface area contributed by atoms with E-state index < -0.39 is 0 Å². The van der Waals surface area contributed by atoms with E-state index in [0.29, 0.717) is 33.7 Å². The molecule has 120 valence electrons. The van der Waals surface area contributed by atoms with Gasteiger partial charge in [-0.05, 0) is 42.7 Å². The summed E-state index contributed by atoms with van der Waals surface area (Å²) in [5, 5.41) is 1.32. The first-order valence-corrected chi connectivity index (χ1v) is 9.07. The quantitative estimate of drug-likeness (QED) is 0.459.